The number of amides is 2. The number of carbonyl (C=O) groups excluding carboxylic acids is 2. The van der Waals surface area contributed by atoms with E-state index in [-0.39, 0.29) is 30.3 Å². The van der Waals surface area contributed by atoms with E-state index in [0.29, 0.717) is 45.0 Å². The SMILES string of the molecule is CC(C)N(Cc1ccccc1)C(=O)CN1CCN(C(=O)COc2ccc(F)cc2)CC1. The topological polar surface area (TPSA) is 53.1 Å². The fourth-order valence-electron chi connectivity index (χ4n) is 3.54. The maximum atomic E-state index is 12.9. The maximum absolute atomic E-state index is 12.9. The number of nitrogens with zero attached hydrogens (tertiary/aromatic N) is 3. The van der Waals surface area contributed by atoms with Gasteiger partial charge in [-0.1, -0.05) is 30.3 Å². The summed E-state index contributed by atoms with van der Waals surface area (Å²) in [7, 11) is 0. The molecule has 0 radical (unpaired) electrons. The van der Waals surface area contributed by atoms with Gasteiger partial charge in [0.15, 0.2) is 6.61 Å². The van der Waals surface area contributed by atoms with E-state index < -0.39 is 0 Å². The summed E-state index contributed by atoms with van der Waals surface area (Å²) in [4.78, 5) is 31.0. The van der Waals surface area contributed by atoms with E-state index in [1.54, 1.807) is 4.90 Å². The third kappa shape index (κ3) is 6.79. The Hall–Kier alpha value is -2.93. The van der Waals surface area contributed by atoms with Crippen molar-refractivity contribution in [3.8, 4) is 5.75 Å². The minimum Gasteiger partial charge on any atom is -0.484 e. The Kier molecular flexibility index (Phi) is 8.00. The highest BCUT2D eigenvalue weighted by molar-refractivity contribution is 5.79. The van der Waals surface area contributed by atoms with Gasteiger partial charge in [0.05, 0.1) is 6.54 Å². The molecule has 0 aromatic heterocycles. The van der Waals surface area contributed by atoms with Crippen LogP contribution < -0.4 is 4.74 Å². The fraction of sp³-hybridized carbons (Fsp3) is 0.417. The monoisotopic (exact) mass is 427 g/mol. The van der Waals surface area contributed by atoms with Crippen molar-refractivity contribution in [2.45, 2.75) is 26.4 Å². The van der Waals surface area contributed by atoms with Crippen LogP contribution in [0.4, 0.5) is 4.39 Å². The van der Waals surface area contributed by atoms with Crippen LogP contribution in [0.2, 0.25) is 0 Å². The normalized spacial score (nSPS) is 14.5. The van der Waals surface area contributed by atoms with E-state index in [4.69, 9.17) is 4.74 Å². The van der Waals surface area contributed by atoms with Crippen molar-refractivity contribution in [3.05, 3.63) is 66.0 Å². The first kappa shape index (κ1) is 22.7. The molecule has 7 heteroatoms. The molecule has 0 unspecified atom stereocenters. The zero-order valence-corrected chi connectivity index (χ0v) is 18.2. The summed E-state index contributed by atoms with van der Waals surface area (Å²) in [5, 5.41) is 0. The molecule has 0 N–H and O–H groups in total. The third-order valence-electron chi connectivity index (χ3n) is 5.40. The highest BCUT2D eigenvalue weighted by Gasteiger charge is 2.25. The van der Waals surface area contributed by atoms with Crippen LogP contribution in [0.25, 0.3) is 0 Å². The van der Waals surface area contributed by atoms with Crippen LogP contribution in [0.15, 0.2) is 54.6 Å². The van der Waals surface area contributed by atoms with Crippen molar-refractivity contribution >= 4 is 11.8 Å². The van der Waals surface area contributed by atoms with Crippen molar-refractivity contribution in [3.63, 3.8) is 0 Å². The molecule has 0 atom stereocenters. The molecule has 2 aromatic carbocycles. The number of benzene rings is 2. The van der Waals surface area contributed by atoms with Gasteiger partial charge in [0.1, 0.15) is 11.6 Å². The van der Waals surface area contributed by atoms with E-state index in [0.717, 1.165) is 5.56 Å². The predicted molar refractivity (Wildman–Crippen MR) is 117 cm³/mol. The molecule has 0 aliphatic carbocycles. The van der Waals surface area contributed by atoms with E-state index >= 15 is 0 Å². The summed E-state index contributed by atoms with van der Waals surface area (Å²) in [5.41, 5.74) is 1.11. The lowest BCUT2D eigenvalue weighted by Crippen LogP contribution is -2.52. The first-order valence-electron chi connectivity index (χ1n) is 10.6. The average molecular weight is 428 g/mol. The highest BCUT2D eigenvalue weighted by Crippen LogP contribution is 2.13. The minimum absolute atomic E-state index is 0.0806. The summed E-state index contributed by atoms with van der Waals surface area (Å²) in [6.07, 6.45) is 0. The van der Waals surface area contributed by atoms with Crippen LogP contribution in [-0.4, -0.2) is 71.9 Å². The van der Waals surface area contributed by atoms with Gasteiger partial charge in [0, 0.05) is 38.8 Å². The fourth-order valence-corrected chi connectivity index (χ4v) is 3.54. The van der Waals surface area contributed by atoms with Crippen molar-refractivity contribution < 1.29 is 18.7 Å². The molecule has 0 bridgehead atoms. The molecule has 6 nitrogen and oxygen atoms in total. The van der Waals surface area contributed by atoms with Crippen LogP contribution in [-0.2, 0) is 16.1 Å². The zero-order valence-electron chi connectivity index (χ0n) is 18.2. The quantitative estimate of drug-likeness (QED) is 0.650. The summed E-state index contributed by atoms with van der Waals surface area (Å²) < 4.78 is 18.4. The summed E-state index contributed by atoms with van der Waals surface area (Å²) >= 11 is 0. The van der Waals surface area contributed by atoms with Crippen molar-refractivity contribution in [1.82, 2.24) is 14.7 Å². The van der Waals surface area contributed by atoms with Crippen molar-refractivity contribution in [1.29, 1.82) is 0 Å². The molecule has 1 saturated heterocycles. The average Bonchev–Trinajstić information content (AvgIpc) is 2.78. The second kappa shape index (κ2) is 10.9. The number of halogens is 1. The van der Waals surface area contributed by atoms with Crippen molar-refractivity contribution in [2.75, 3.05) is 39.3 Å². The van der Waals surface area contributed by atoms with Crippen LogP contribution in [0.1, 0.15) is 19.4 Å². The number of rotatable bonds is 8. The molecule has 1 heterocycles. The molecule has 0 spiro atoms. The van der Waals surface area contributed by atoms with Gasteiger partial charge in [-0.3, -0.25) is 14.5 Å². The Morgan fingerprint density at radius 3 is 2.26 bits per heavy atom. The van der Waals surface area contributed by atoms with Gasteiger partial charge in [0.25, 0.3) is 5.91 Å². The Bertz CT molecular complexity index is 850. The predicted octanol–water partition coefficient (Wildman–Crippen LogP) is 2.79. The zero-order chi connectivity index (χ0) is 22.2. The lowest BCUT2D eigenvalue weighted by molar-refractivity contribution is -0.137. The molecule has 1 fully saturated rings. The van der Waals surface area contributed by atoms with Crippen LogP contribution in [0.5, 0.6) is 5.75 Å². The summed E-state index contributed by atoms with van der Waals surface area (Å²) in [5.74, 6) is 0.108. The Morgan fingerprint density at radius 2 is 1.65 bits per heavy atom. The Morgan fingerprint density at radius 1 is 1.00 bits per heavy atom. The second-order valence-corrected chi connectivity index (χ2v) is 8.00. The van der Waals surface area contributed by atoms with E-state index in [2.05, 4.69) is 4.90 Å². The minimum atomic E-state index is -0.343. The smallest absolute Gasteiger partial charge is 0.260 e. The first-order valence-corrected chi connectivity index (χ1v) is 10.6. The molecule has 0 saturated carbocycles. The number of piperazine rings is 1. The lowest BCUT2D eigenvalue weighted by atomic mass is 10.2. The van der Waals surface area contributed by atoms with Gasteiger partial charge < -0.3 is 14.5 Å². The standard InChI is InChI=1S/C24H30FN3O3/c1-19(2)28(16-20-6-4-3-5-7-20)23(29)17-26-12-14-27(15-13-26)24(30)18-31-22-10-8-21(25)9-11-22/h3-11,19H,12-18H2,1-2H3. The molecule has 2 aromatic rings. The maximum Gasteiger partial charge on any atom is 0.260 e. The molecule has 1 aliphatic rings. The molecule has 31 heavy (non-hydrogen) atoms. The van der Waals surface area contributed by atoms with Crippen LogP contribution in [0, 0.1) is 5.82 Å². The molecule has 3 rings (SSSR count). The van der Waals surface area contributed by atoms with Crippen LogP contribution in [0.3, 0.4) is 0 Å². The number of hydrogen-bond acceptors (Lipinski definition) is 4. The molecule has 2 amide bonds. The summed E-state index contributed by atoms with van der Waals surface area (Å²) in [6, 6.07) is 15.7. The van der Waals surface area contributed by atoms with Gasteiger partial charge in [-0.25, -0.2) is 4.39 Å². The Labute approximate surface area is 183 Å². The van der Waals surface area contributed by atoms with Gasteiger partial charge in [-0.05, 0) is 43.7 Å². The van der Waals surface area contributed by atoms with Gasteiger partial charge >= 0.3 is 0 Å². The highest BCUT2D eigenvalue weighted by atomic mass is 19.1. The lowest BCUT2D eigenvalue weighted by Gasteiger charge is -2.36. The second-order valence-electron chi connectivity index (χ2n) is 8.00. The molecule has 166 valence electrons. The number of carbonyl (C=O) groups is 2. The van der Waals surface area contributed by atoms with Crippen LogP contribution >= 0.6 is 0 Å². The number of hydrogen-bond donors (Lipinski definition) is 0. The molecular weight excluding hydrogens is 397 g/mol. The molecular formula is C24H30FN3O3. The van der Waals surface area contributed by atoms with E-state index in [1.807, 2.05) is 49.1 Å². The third-order valence-corrected chi connectivity index (χ3v) is 5.40. The van der Waals surface area contributed by atoms with Gasteiger partial charge in [-0.2, -0.15) is 0 Å². The van der Waals surface area contributed by atoms with Gasteiger partial charge in [-0.15, -0.1) is 0 Å². The Balaban J connectivity index is 1.44. The first-order chi connectivity index (χ1) is 14.9. The molecule has 1 aliphatic heterocycles. The van der Waals surface area contributed by atoms with E-state index in [1.165, 1.54) is 24.3 Å². The van der Waals surface area contributed by atoms with E-state index in [9.17, 15) is 14.0 Å². The largest absolute Gasteiger partial charge is 0.484 e. The van der Waals surface area contributed by atoms with Gasteiger partial charge in [0.2, 0.25) is 5.91 Å². The number of ether oxygens (including phenoxy) is 1. The van der Waals surface area contributed by atoms with Crippen molar-refractivity contribution in [2.24, 2.45) is 0 Å². The summed E-state index contributed by atoms with van der Waals surface area (Å²) in [6.45, 7) is 7.31.